The molecule has 2 aromatic rings. The molecule has 2 rings (SSSR count). The first kappa shape index (κ1) is 17.7. The maximum absolute atomic E-state index is 12.0. The van der Waals surface area contributed by atoms with Crippen molar-refractivity contribution in [1.82, 2.24) is 0 Å². The van der Waals surface area contributed by atoms with Crippen LogP contribution in [-0.4, -0.2) is 25.3 Å². The fraction of sp³-hybridized carbons (Fsp3) is 0.235. The van der Waals surface area contributed by atoms with E-state index in [2.05, 4.69) is 10.1 Å². The van der Waals surface area contributed by atoms with E-state index < -0.39 is 12.8 Å². The van der Waals surface area contributed by atoms with Crippen LogP contribution in [0.15, 0.2) is 48.5 Å². The van der Waals surface area contributed by atoms with Crippen LogP contribution in [-0.2, 0) is 4.79 Å². The number of hydrogen-bond acceptors (Lipinski definition) is 3. The minimum atomic E-state index is -4.39. The Morgan fingerprint density at radius 2 is 1.50 bits per heavy atom. The van der Waals surface area contributed by atoms with Gasteiger partial charge in [0.05, 0.1) is 0 Å². The third-order valence-electron chi connectivity index (χ3n) is 2.93. The molecule has 24 heavy (non-hydrogen) atoms. The first-order valence-electron chi connectivity index (χ1n) is 7.11. The van der Waals surface area contributed by atoms with Crippen molar-refractivity contribution in [1.29, 1.82) is 0 Å². The van der Waals surface area contributed by atoms with Crippen LogP contribution in [0.3, 0.4) is 0 Å². The molecule has 1 N–H and O–H groups in total. The Balaban J connectivity index is 1.80. The second-order valence-electron chi connectivity index (χ2n) is 5.08. The first-order chi connectivity index (χ1) is 11.3. The summed E-state index contributed by atoms with van der Waals surface area (Å²) in [4.78, 5) is 11.8. The van der Waals surface area contributed by atoms with Gasteiger partial charge in [-0.15, -0.1) is 0 Å². The fourth-order valence-electron chi connectivity index (χ4n) is 1.78. The molecule has 0 aliphatic rings. The average Bonchev–Trinajstić information content (AvgIpc) is 2.53. The van der Waals surface area contributed by atoms with Crippen LogP contribution in [0.2, 0.25) is 0 Å². The van der Waals surface area contributed by atoms with E-state index in [0.29, 0.717) is 11.4 Å². The Labute approximate surface area is 137 Å². The zero-order valence-corrected chi connectivity index (χ0v) is 12.9. The lowest BCUT2D eigenvalue weighted by Gasteiger charge is -2.10. The van der Waals surface area contributed by atoms with E-state index in [0.717, 1.165) is 5.56 Å². The highest BCUT2D eigenvalue weighted by Gasteiger charge is 2.28. The Kier molecular flexibility index (Phi) is 5.68. The molecule has 0 unspecified atom stereocenters. The molecular weight excluding hydrogens is 323 g/mol. The second kappa shape index (κ2) is 7.72. The monoisotopic (exact) mass is 339 g/mol. The van der Waals surface area contributed by atoms with Gasteiger partial charge in [0, 0.05) is 5.69 Å². The molecule has 0 spiro atoms. The summed E-state index contributed by atoms with van der Waals surface area (Å²) >= 11 is 0. The molecule has 0 aromatic heterocycles. The highest BCUT2D eigenvalue weighted by molar-refractivity contribution is 5.91. The van der Waals surface area contributed by atoms with Crippen LogP contribution in [0.5, 0.6) is 11.5 Å². The number of carbonyl (C=O) groups excluding carboxylic acids is 1. The van der Waals surface area contributed by atoms with E-state index in [-0.39, 0.29) is 18.3 Å². The van der Waals surface area contributed by atoms with Gasteiger partial charge in [-0.3, -0.25) is 4.79 Å². The van der Waals surface area contributed by atoms with Crippen molar-refractivity contribution in [2.75, 3.05) is 18.5 Å². The van der Waals surface area contributed by atoms with Gasteiger partial charge in [-0.2, -0.15) is 13.2 Å². The van der Waals surface area contributed by atoms with E-state index in [1.54, 1.807) is 12.1 Å². The Morgan fingerprint density at radius 1 is 0.958 bits per heavy atom. The van der Waals surface area contributed by atoms with E-state index in [1.807, 2.05) is 19.1 Å². The van der Waals surface area contributed by atoms with E-state index in [1.165, 1.54) is 24.3 Å². The van der Waals surface area contributed by atoms with Crippen molar-refractivity contribution >= 4 is 11.6 Å². The van der Waals surface area contributed by atoms with E-state index >= 15 is 0 Å². The van der Waals surface area contributed by atoms with Crippen molar-refractivity contribution < 1.29 is 27.4 Å². The van der Waals surface area contributed by atoms with Crippen molar-refractivity contribution in [3.63, 3.8) is 0 Å². The summed E-state index contributed by atoms with van der Waals surface area (Å²) < 4.78 is 46.0. The standard InChI is InChI=1S/C17H16F3NO3/c1-12-2-6-14(7-3-12)23-10-16(22)21-13-4-8-15(9-5-13)24-11-17(18,19)20/h2-9H,10-11H2,1H3,(H,21,22). The quantitative estimate of drug-likeness (QED) is 0.867. The largest absolute Gasteiger partial charge is 0.484 e. The lowest BCUT2D eigenvalue weighted by molar-refractivity contribution is -0.153. The molecule has 4 nitrogen and oxygen atoms in total. The number of halogens is 3. The Morgan fingerprint density at radius 3 is 2.08 bits per heavy atom. The van der Waals surface area contributed by atoms with E-state index in [4.69, 9.17) is 4.74 Å². The third-order valence-corrected chi connectivity index (χ3v) is 2.93. The number of nitrogens with one attached hydrogen (secondary N) is 1. The highest BCUT2D eigenvalue weighted by Crippen LogP contribution is 2.20. The SMILES string of the molecule is Cc1ccc(OCC(=O)Nc2ccc(OCC(F)(F)F)cc2)cc1. The molecule has 0 aliphatic heterocycles. The molecule has 0 fully saturated rings. The van der Waals surface area contributed by atoms with Gasteiger partial charge >= 0.3 is 6.18 Å². The molecule has 0 saturated heterocycles. The number of anilines is 1. The van der Waals surface area contributed by atoms with Gasteiger partial charge in [0.1, 0.15) is 11.5 Å². The number of benzene rings is 2. The average molecular weight is 339 g/mol. The van der Waals surface area contributed by atoms with Crippen LogP contribution >= 0.6 is 0 Å². The van der Waals surface area contributed by atoms with Crippen molar-refractivity contribution in [3.8, 4) is 11.5 Å². The number of carbonyl (C=O) groups is 1. The van der Waals surface area contributed by atoms with Crippen LogP contribution in [0.25, 0.3) is 0 Å². The van der Waals surface area contributed by atoms with Gasteiger partial charge < -0.3 is 14.8 Å². The molecule has 0 radical (unpaired) electrons. The predicted octanol–water partition coefficient (Wildman–Crippen LogP) is 3.95. The summed E-state index contributed by atoms with van der Waals surface area (Å²) in [5.41, 5.74) is 1.52. The molecule has 0 saturated carbocycles. The maximum atomic E-state index is 12.0. The van der Waals surface area contributed by atoms with Gasteiger partial charge in [-0.05, 0) is 43.3 Å². The second-order valence-corrected chi connectivity index (χ2v) is 5.08. The molecular formula is C17H16F3NO3. The normalized spacial score (nSPS) is 11.0. The zero-order chi connectivity index (χ0) is 17.6. The minimum absolute atomic E-state index is 0.0706. The number of hydrogen-bond donors (Lipinski definition) is 1. The number of alkyl halides is 3. The van der Waals surface area contributed by atoms with Gasteiger partial charge in [0.15, 0.2) is 13.2 Å². The first-order valence-corrected chi connectivity index (χ1v) is 7.11. The summed E-state index contributed by atoms with van der Waals surface area (Å²) in [6, 6.07) is 12.9. The molecule has 0 bridgehead atoms. The van der Waals surface area contributed by atoms with Gasteiger partial charge in [-0.1, -0.05) is 17.7 Å². The number of amides is 1. The van der Waals surface area contributed by atoms with Crippen molar-refractivity contribution in [2.24, 2.45) is 0 Å². The van der Waals surface area contributed by atoms with Gasteiger partial charge in [0.25, 0.3) is 5.91 Å². The number of rotatable bonds is 6. The lowest BCUT2D eigenvalue weighted by Crippen LogP contribution is -2.20. The van der Waals surface area contributed by atoms with Crippen molar-refractivity contribution in [2.45, 2.75) is 13.1 Å². The summed E-state index contributed by atoms with van der Waals surface area (Å²) in [5.74, 6) is 0.271. The molecule has 7 heteroatoms. The minimum Gasteiger partial charge on any atom is -0.484 e. The number of aryl methyl sites for hydroxylation is 1. The van der Waals surface area contributed by atoms with E-state index in [9.17, 15) is 18.0 Å². The topological polar surface area (TPSA) is 47.6 Å². The third kappa shape index (κ3) is 6.20. The fourth-order valence-corrected chi connectivity index (χ4v) is 1.78. The molecule has 0 atom stereocenters. The molecule has 128 valence electrons. The summed E-state index contributed by atoms with van der Waals surface area (Å²) in [5, 5.41) is 2.58. The van der Waals surface area contributed by atoms with Crippen molar-refractivity contribution in [3.05, 3.63) is 54.1 Å². The zero-order valence-electron chi connectivity index (χ0n) is 12.9. The Hall–Kier alpha value is -2.70. The summed E-state index contributed by atoms with van der Waals surface area (Å²) in [7, 11) is 0. The van der Waals surface area contributed by atoms with Crippen LogP contribution in [0.1, 0.15) is 5.56 Å². The Bertz CT molecular complexity index is 667. The molecule has 0 heterocycles. The highest BCUT2D eigenvalue weighted by atomic mass is 19.4. The lowest BCUT2D eigenvalue weighted by atomic mass is 10.2. The van der Waals surface area contributed by atoms with Gasteiger partial charge in [-0.25, -0.2) is 0 Å². The van der Waals surface area contributed by atoms with Crippen LogP contribution < -0.4 is 14.8 Å². The molecule has 2 aromatic carbocycles. The van der Waals surface area contributed by atoms with Gasteiger partial charge in [0.2, 0.25) is 0 Å². The van der Waals surface area contributed by atoms with Crippen LogP contribution in [0, 0.1) is 6.92 Å². The molecule has 1 amide bonds. The van der Waals surface area contributed by atoms with Crippen LogP contribution in [0.4, 0.5) is 18.9 Å². The smallest absolute Gasteiger partial charge is 0.422 e. The number of ether oxygens (including phenoxy) is 2. The summed E-state index contributed by atoms with van der Waals surface area (Å²) in [6.07, 6.45) is -4.39. The maximum Gasteiger partial charge on any atom is 0.422 e. The molecule has 0 aliphatic carbocycles. The predicted molar refractivity (Wildman–Crippen MR) is 83.3 cm³/mol. The summed E-state index contributed by atoms with van der Waals surface area (Å²) in [6.45, 7) is 0.414.